The van der Waals surface area contributed by atoms with Crippen molar-refractivity contribution in [1.82, 2.24) is 15.3 Å². The van der Waals surface area contributed by atoms with Crippen LogP contribution in [0.2, 0.25) is 0 Å². The van der Waals surface area contributed by atoms with Crippen molar-refractivity contribution in [1.29, 1.82) is 0 Å². The maximum atomic E-state index is 13.3. The van der Waals surface area contributed by atoms with Crippen molar-refractivity contribution in [2.24, 2.45) is 0 Å². The van der Waals surface area contributed by atoms with Gasteiger partial charge in [0.1, 0.15) is 0 Å². The molecule has 0 radical (unpaired) electrons. The van der Waals surface area contributed by atoms with E-state index < -0.39 is 17.7 Å². The van der Waals surface area contributed by atoms with Crippen molar-refractivity contribution in [3.63, 3.8) is 0 Å². The number of hydrogen-bond donors (Lipinski definition) is 1. The standard InChI is InChI=1S/C13H11F2N3O/c1-8-3-2-4-9(18-8)7-17-13(19)10-5-6-16-12(15)11(10)14/h2-6H,7H2,1H3,(H,17,19). The van der Waals surface area contributed by atoms with Gasteiger partial charge in [0.15, 0.2) is 5.82 Å². The zero-order valence-electron chi connectivity index (χ0n) is 10.2. The second-order valence-electron chi connectivity index (χ2n) is 3.92. The minimum atomic E-state index is -1.29. The molecule has 1 amide bonds. The van der Waals surface area contributed by atoms with Gasteiger partial charge in [-0.25, -0.2) is 9.37 Å². The number of amides is 1. The minimum Gasteiger partial charge on any atom is -0.346 e. The number of pyridine rings is 2. The molecule has 0 aliphatic rings. The van der Waals surface area contributed by atoms with Crippen molar-refractivity contribution in [2.45, 2.75) is 13.5 Å². The third-order valence-corrected chi connectivity index (χ3v) is 2.47. The molecule has 0 aromatic carbocycles. The molecule has 4 nitrogen and oxygen atoms in total. The van der Waals surface area contributed by atoms with E-state index in [0.29, 0.717) is 5.69 Å². The quantitative estimate of drug-likeness (QED) is 0.862. The Morgan fingerprint density at radius 1 is 1.32 bits per heavy atom. The second kappa shape index (κ2) is 5.51. The largest absolute Gasteiger partial charge is 0.346 e. The summed E-state index contributed by atoms with van der Waals surface area (Å²) in [5, 5.41) is 2.47. The average molecular weight is 263 g/mol. The molecule has 0 aliphatic carbocycles. The Hall–Kier alpha value is -2.37. The van der Waals surface area contributed by atoms with Crippen LogP contribution in [0.15, 0.2) is 30.5 Å². The molecule has 2 aromatic rings. The molecule has 0 bridgehead atoms. The molecule has 98 valence electrons. The molecule has 2 aromatic heterocycles. The molecular weight excluding hydrogens is 252 g/mol. The summed E-state index contributed by atoms with van der Waals surface area (Å²) in [5.41, 5.74) is 1.08. The van der Waals surface area contributed by atoms with Crippen molar-refractivity contribution < 1.29 is 13.6 Å². The Morgan fingerprint density at radius 3 is 2.84 bits per heavy atom. The first-order valence-electron chi connectivity index (χ1n) is 5.58. The molecule has 0 saturated heterocycles. The normalized spacial score (nSPS) is 10.3. The van der Waals surface area contributed by atoms with E-state index in [9.17, 15) is 13.6 Å². The van der Waals surface area contributed by atoms with E-state index in [1.54, 1.807) is 12.1 Å². The number of halogens is 2. The van der Waals surface area contributed by atoms with E-state index in [4.69, 9.17) is 0 Å². The van der Waals surface area contributed by atoms with Gasteiger partial charge in [0.25, 0.3) is 5.91 Å². The van der Waals surface area contributed by atoms with Gasteiger partial charge in [-0.05, 0) is 25.1 Å². The first kappa shape index (κ1) is 13.1. The lowest BCUT2D eigenvalue weighted by Gasteiger charge is -2.06. The van der Waals surface area contributed by atoms with Crippen LogP contribution in [-0.4, -0.2) is 15.9 Å². The fourth-order valence-electron chi connectivity index (χ4n) is 1.56. The summed E-state index contributed by atoms with van der Waals surface area (Å²) in [7, 11) is 0. The highest BCUT2D eigenvalue weighted by Gasteiger charge is 2.15. The topological polar surface area (TPSA) is 54.9 Å². The van der Waals surface area contributed by atoms with Crippen LogP contribution < -0.4 is 5.32 Å². The number of carbonyl (C=O) groups excluding carboxylic acids is 1. The molecule has 0 atom stereocenters. The lowest BCUT2D eigenvalue weighted by molar-refractivity contribution is 0.0945. The highest BCUT2D eigenvalue weighted by molar-refractivity contribution is 5.94. The van der Waals surface area contributed by atoms with Gasteiger partial charge < -0.3 is 5.32 Å². The molecule has 0 spiro atoms. The van der Waals surface area contributed by atoms with Crippen molar-refractivity contribution in [2.75, 3.05) is 0 Å². The Labute approximate surface area is 108 Å². The zero-order chi connectivity index (χ0) is 13.8. The van der Waals surface area contributed by atoms with Crippen LogP contribution in [0.1, 0.15) is 21.7 Å². The number of rotatable bonds is 3. The van der Waals surface area contributed by atoms with Gasteiger partial charge in [-0.1, -0.05) is 6.07 Å². The van der Waals surface area contributed by atoms with Crippen LogP contribution in [-0.2, 0) is 6.54 Å². The summed E-state index contributed by atoms with van der Waals surface area (Å²) < 4.78 is 26.2. The number of aromatic nitrogens is 2. The molecule has 0 saturated carbocycles. The van der Waals surface area contributed by atoms with Gasteiger partial charge in [-0.3, -0.25) is 9.78 Å². The lowest BCUT2D eigenvalue weighted by atomic mass is 10.2. The smallest absolute Gasteiger partial charge is 0.254 e. The van der Waals surface area contributed by atoms with Gasteiger partial charge in [-0.15, -0.1) is 0 Å². The third kappa shape index (κ3) is 3.09. The van der Waals surface area contributed by atoms with Crippen LogP contribution in [0, 0.1) is 18.7 Å². The Morgan fingerprint density at radius 2 is 2.11 bits per heavy atom. The van der Waals surface area contributed by atoms with Crippen molar-refractivity contribution in [3.8, 4) is 0 Å². The number of carbonyl (C=O) groups is 1. The maximum absolute atomic E-state index is 13.3. The fraction of sp³-hybridized carbons (Fsp3) is 0.154. The number of hydrogen-bond acceptors (Lipinski definition) is 3. The van der Waals surface area contributed by atoms with Gasteiger partial charge >= 0.3 is 0 Å². The number of nitrogens with zero attached hydrogens (tertiary/aromatic N) is 2. The molecule has 1 N–H and O–H groups in total. The minimum absolute atomic E-state index is 0.143. The van der Waals surface area contributed by atoms with Crippen molar-refractivity contribution >= 4 is 5.91 Å². The maximum Gasteiger partial charge on any atom is 0.254 e. The van der Waals surface area contributed by atoms with E-state index in [-0.39, 0.29) is 12.1 Å². The highest BCUT2D eigenvalue weighted by atomic mass is 19.2. The summed E-state index contributed by atoms with van der Waals surface area (Å²) in [4.78, 5) is 19.0. The van der Waals surface area contributed by atoms with Crippen LogP contribution in [0.25, 0.3) is 0 Å². The van der Waals surface area contributed by atoms with Gasteiger partial charge in [0.2, 0.25) is 5.95 Å². The summed E-state index contributed by atoms with van der Waals surface area (Å²) in [6, 6.07) is 6.48. The van der Waals surface area contributed by atoms with E-state index in [1.807, 2.05) is 13.0 Å². The molecule has 2 rings (SSSR count). The summed E-state index contributed by atoms with van der Waals surface area (Å²) in [6.07, 6.45) is 1.04. The van der Waals surface area contributed by atoms with Crippen LogP contribution in [0.5, 0.6) is 0 Å². The fourth-order valence-corrected chi connectivity index (χ4v) is 1.56. The SMILES string of the molecule is Cc1cccc(CNC(=O)c2ccnc(F)c2F)n1. The van der Waals surface area contributed by atoms with Crippen molar-refractivity contribution in [3.05, 3.63) is 59.2 Å². The average Bonchev–Trinajstić information content (AvgIpc) is 2.39. The van der Waals surface area contributed by atoms with E-state index in [0.717, 1.165) is 18.0 Å². The molecule has 19 heavy (non-hydrogen) atoms. The van der Waals surface area contributed by atoms with Gasteiger partial charge in [0, 0.05) is 11.9 Å². The molecule has 2 heterocycles. The predicted octanol–water partition coefficient (Wildman–Crippen LogP) is 1.99. The summed E-state index contributed by atoms with van der Waals surface area (Å²) in [6.45, 7) is 1.97. The predicted molar refractivity (Wildman–Crippen MR) is 64.3 cm³/mol. The van der Waals surface area contributed by atoms with Crippen LogP contribution >= 0.6 is 0 Å². The molecule has 0 aliphatic heterocycles. The second-order valence-corrected chi connectivity index (χ2v) is 3.92. The van der Waals surface area contributed by atoms with Crippen LogP contribution in [0.4, 0.5) is 8.78 Å². The van der Waals surface area contributed by atoms with Gasteiger partial charge in [-0.2, -0.15) is 4.39 Å². The number of aryl methyl sites for hydroxylation is 1. The molecular formula is C13H11F2N3O. The molecule has 0 fully saturated rings. The Balaban J connectivity index is 2.08. The molecule has 0 unspecified atom stereocenters. The van der Waals surface area contributed by atoms with Gasteiger partial charge in [0.05, 0.1) is 17.8 Å². The third-order valence-electron chi connectivity index (χ3n) is 2.47. The Kier molecular flexibility index (Phi) is 3.79. The summed E-state index contributed by atoms with van der Waals surface area (Å²) in [5.74, 6) is -3.25. The zero-order valence-corrected chi connectivity index (χ0v) is 10.2. The molecule has 6 heteroatoms. The number of nitrogens with one attached hydrogen (secondary N) is 1. The van der Waals surface area contributed by atoms with E-state index >= 15 is 0 Å². The lowest BCUT2D eigenvalue weighted by Crippen LogP contribution is -2.25. The summed E-state index contributed by atoms with van der Waals surface area (Å²) >= 11 is 0. The monoisotopic (exact) mass is 263 g/mol. The van der Waals surface area contributed by atoms with Crippen LogP contribution in [0.3, 0.4) is 0 Å². The first-order chi connectivity index (χ1) is 9.08. The Bertz CT molecular complexity index is 617. The first-order valence-corrected chi connectivity index (χ1v) is 5.58. The van der Waals surface area contributed by atoms with E-state index in [2.05, 4.69) is 15.3 Å². The highest BCUT2D eigenvalue weighted by Crippen LogP contribution is 2.09. The van der Waals surface area contributed by atoms with E-state index in [1.165, 1.54) is 0 Å².